The van der Waals surface area contributed by atoms with Gasteiger partial charge in [-0.2, -0.15) is 0 Å². The van der Waals surface area contributed by atoms with Crippen molar-refractivity contribution < 1.29 is 14.7 Å². The van der Waals surface area contributed by atoms with Gasteiger partial charge in [-0.15, -0.1) is 0 Å². The summed E-state index contributed by atoms with van der Waals surface area (Å²) in [5.41, 5.74) is 0.0100. The number of ketones is 1. The molecule has 0 aromatic rings. The van der Waals surface area contributed by atoms with Gasteiger partial charge in [0, 0.05) is 18.3 Å². The lowest BCUT2D eigenvalue weighted by atomic mass is 9.48. The van der Waals surface area contributed by atoms with Crippen molar-refractivity contribution in [1.82, 2.24) is 0 Å². The highest BCUT2D eigenvalue weighted by Crippen LogP contribution is 2.65. The summed E-state index contributed by atoms with van der Waals surface area (Å²) >= 11 is 0. The Bertz CT molecular complexity index is 611. The molecule has 3 rings (SSSR count). The van der Waals surface area contributed by atoms with E-state index in [9.17, 15) is 14.7 Å². The zero-order chi connectivity index (χ0) is 21.4. The maximum Gasteiger partial charge on any atom is 0.303 e. The molecule has 3 aliphatic carbocycles. The van der Waals surface area contributed by atoms with Gasteiger partial charge in [0.25, 0.3) is 0 Å². The summed E-state index contributed by atoms with van der Waals surface area (Å²) in [5.74, 6) is 3.74. The summed E-state index contributed by atoms with van der Waals surface area (Å²) in [6.45, 7) is 11.8. The van der Waals surface area contributed by atoms with Crippen molar-refractivity contribution in [2.45, 2.75) is 105 Å². The van der Waals surface area contributed by atoms with Crippen molar-refractivity contribution >= 4 is 11.8 Å². The smallest absolute Gasteiger partial charge is 0.303 e. The van der Waals surface area contributed by atoms with Crippen LogP contribution in [0, 0.1) is 46.3 Å². The third-order valence-electron chi connectivity index (χ3n) is 9.66. The van der Waals surface area contributed by atoms with E-state index in [1.54, 1.807) is 0 Å². The number of hydrogen-bond donors (Lipinski definition) is 1. The first-order chi connectivity index (χ1) is 13.6. The standard InChI is InChI=1S/C26H44O3/c1-17(2)7-6-8-18(3)20-10-11-21-19-9-12-23(27)26(5,16-14-24(28)29)22(19)13-15-25(20,21)4/h17-22H,6-16H2,1-5H3,(H,28,29)/t18-,19-,20-,21+,22-,25-,26+/m1/s1. The average molecular weight is 405 g/mol. The van der Waals surface area contributed by atoms with E-state index in [-0.39, 0.29) is 6.42 Å². The Labute approximate surface area is 178 Å². The summed E-state index contributed by atoms with van der Waals surface area (Å²) < 4.78 is 0. The normalized spacial score (nSPS) is 40.6. The molecule has 0 aliphatic heterocycles. The minimum atomic E-state index is -0.766. The number of fused-ring (bicyclic) bond motifs is 3. The SMILES string of the molecule is CC(C)CCC[C@@H](C)[C@H]1CC[C@H]2[C@H]3CCC(=O)[C@@](C)(CCC(=O)O)[C@@H]3CC[C@]12C. The molecule has 0 heterocycles. The van der Waals surface area contributed by atoms with Crippen LogP contribution in [0.3, 0.4) is 0 Å². The van der Waals surface area contributed by atoms with Crippen LogP contribution in [0.4, 0.5) is 0 Å². The van der Waals surface area contributed by atoms with Gasteiger partial charge in [-0.3, -0.25) is 9.59 Å². The Morgan fingerprint density at radius 3 is 2.45 bits per heavy atom. The fourth-order valence-corrected chi connectivity index (χ4v) is 7.99. The van der Waals surface area contributed by atoms with E-state index < -0.39 is 11.4 Å². The highest BCUT2D eigenvalue weighted by atomic mass is 16.4. The summed E-state index contributed by atoms with van der Waals surface area (Å²) in [5, 5.41) is 9.22. The predicted molar refractivity (Wildman–Crippen MR) is 118 cm³/mol. The molecule has 0 spiro atoms. The molecule has 3 aliphatic rings. The van der Waals surface area contributed by atoms with Gasteiger partial charge in [0.05, 0.1) is 0 Å². The van der Waals surface area contributed by atoms with Gasteiger partial charge in [0.2, 0.25) is 0 Å². The molecule has 3 heteroatoms. The minimum Gasteiger partial charge on any atom is -0.481 e. The van der Waals surface area contributed by atoms with Gasteiger partial charge in [0.1, 0.15) is 5.78 Å². The van der Waals surface area contributed by atoms with Crippen LogP contribution < -0.4 is 0 Å². The summed E-state index contributed by atoms with van der Waals surface area (Å²) in [4.78, 5) is 24.1. The van der Waals surface area contributed by atoms with E-state index in [1.165, 1.54) is 38.5 Å². The highest BCUT2D eigenvalue weighted by Gasteiger charge is 2.59. The molecule has 0 radical (unpaired) electrons. The number of rotatable bonds is 8. The van der Waals surface area contributed by atoms with Crippen LogP contribution in [0.15, 0.2) is 0 Å². The lowest BCUT2D eigenvalue weighted by Gasteiger charge is -2.56. The van der Waals surface area contributed by atoms with Crippen molar-refractivity contribution in [3.8, 4) is 0 Å². The van der Waals surface area contributed by atoms with Crippen LogP contribution in [-0.4, -0.2) is 16.9 Å². The molecule has 29 heavy (non-hydrogen) atoms. The monoisotopic (exact) mass is 404 g/mol. The molecule has 7 atom stereocenters. The largest absolute Gasteiger partial charge is 0.481 e. The lowest BCUT2D eigenvalue weighted by Crippen LogP contribution is -2.52. The number of hydrogen-bond acceptors (Lipinski definition) is 2. The molecule has 0 bridgehead atoms. The zero-order valence-electron chi connectivity index (χ0n) is 19.5. The van der Waals surface area contributed by atoms with E-state index in [2.05, 4.69) is 34.6 Å². The third kappa shape index (κ3) is 4.30. The molecule has 3 saturated carbocycles. The summed E-state index contributed by atoms with van der Waals surface area (Å²) in [6, 6.07) is 0. The van der Waals surface area contributed by atoms with Crippen molar-refractivity contribution in [2.24, 2.45) is 46.3 Å². The van der Waals surface area contributed by atoms with E-state index in [0.717, 1.165) is 36.5 Å². The fraction of sp³-hybridized carbons (Fsp3) is 0.923. The van der Waals surface area contributed by atoms with Crippen LogP contribution in [0.2, 0.25) is 0 Å². The quantitative estimate of drug-likeness (QED) is 0.487. The molecule has 166 valence electrons. The van der Waals surface area contributed by atoms with Crippen LogP contribution in [0.1, 0.15) is 105 Å². The molecule has 1 N–H and O–H groups in total. The number of aliphatic carboxylic acids is 1. The molecule has 3 fully saturated rings. The molecule has 0 amide bonds. The average Bonchev–Trinajstić information content (AvgIpc) is 3.00. The van der Waals surface area contributed by atoms with Crippen molar-refractivity contribution in [1.29, 1.82) is 0 Å². The van der Waals surface area contributed by atoms with Crippen molar-refractivity contribution in [3.63, 3.8) is 0 Å². The molecule has 3 nitrogen and oxygen atoms in total. The molecule has 0 unspecified atom stereocenters. The third-order valence-corrected chi connectivity index (χ3v) is 9.66. The first-order valence-electron chi connectivity index (χ1n) is 12.3. The first-order valence-corrected chi connectivity index (χ1v) is 12.3. The van der Waals surface area contributed by atoms with Gasteiger partial charge in [-0.05, 0) is 79.4 Å². The number of carbonyl (C=O) groups is 2. The summed E-state index contributed by atoms with van der Waals surface area (Å²) in [7, 11) is 0. The van der Waals surface area contributed by atoms with Gasteiger partial charge < -0.3 is 5.11 Å². The number of Topliss-reactive ketones (excluding diaryl/α,β-unsaturated/α-hetero) is 1. The predicted octanol–water partition coefficient (Wildman–Crippen LogP) is 6.74. The van der Waals surface area contributed by atoms with Gasteiger partial charge >= 0.3 is 5.97 Å². The number of carbonyl (C=O) groups excluding carboxylic acids is 1. The molecular weight excluding hydrogens is 360 g/mol. The van der Waals surface area contributed by atoms with E-state index in [1.807, 2.05) is 0 Å². The topological polar surface area (TPSA) is 54.4 Å². The summed E-state index contributed by atoms with van der Waals surface area (Å²) in [6.07, 6.45) is 11.4. The Balaban J connectivity index is 1.73. The van der Waals surface area contributed by atoms with Crippen LogP contribution in [-0.2, 0) is 9.59 Å². The molecule has 0 saturated heterocycles. The van der Waals surface area contributed by atoms with E-state index in [4.69, 9.17) is 0 Å². The van der Waals surface area contributed by atoms with E-state index in [0.29, 0.717) is 35.9 Å². The Morgan fingerprint density at radius 2 is 1.79 bits per heavy atom. The van der Waals surface area contributed by atoms with Crippen LogP contribution in [0.25, 0.3) is 0 Å². The molecular formula is C26H44O3. The van der Waals surface area contributed by atoms with Gasteiger partial charge in [-0.25, -0.2) is 0 Å². The second-order valence-corrected chi connectivity index (χ2v) is 11.7. The second-order valence-electron chi connectivity index (χ2n) is 11.7. The van der Waals surface area contributed by atoms with Crippen molar-refractivity contribution in [3.05, 3.63) is 0 Å². The molecule has 0 aromatic carbocycles. The zero-order valence-corrected chi connectivity index (χ0v) is 19.5. The van der Waals surface area contributed by atoms with Crippen LogP contribution >= 0.6 is 0 Å². The number of carboxylic acid groups (broad SMARTS) is 1. The van der Waals surface area contributed by atoms with Gasteiger partial charge in [-0.1, -0.05) is 53.9 Å². The second kappa shape index (κ2) is 8.71. The fourth-order valence-electron chi connectivity index (χ4n) is 7.99. The van der Waals surface area contributed by atoms with Crippen LogP contribution in [0.5, 0.6) is 0 Å². The highest BCUT2D eigenvalue weighted by molar-refractivity contribution is 5.86. The maximum atomic E-state index is 12.9. The van der Waals surface area contributed by atoms with Crippen molar-refractivity contribution in [2.75, 3.05) is 0 Å². The van der Waals surface area contributed by atoms with E-state index >= 15 is 0 Å². The minimum absolute atomic E-state index is 0.128. The van der Waals surface area contributed by atoms with Gasteiger partial charge in [0.15, 0.2) is 0 Å². The maximum absolute atomic E-state index is 12.9. The lowest BCUT2D eigenvalue weighted by molar-refractivity contribution is -0.148. The Morgan fingerprint density at radius 1 is 1.07 bits per heavy atom. The Kier molecular flexibility index (Phi) is 6.85. The first kappa shape index (κ1) is 22.8. The number of carboxylic acids is 1. The molecule has 0 aromatic heterocycles. The Hall–Kier alpha value is -0.860.